The average Bonchev–Trinajstić information content (AvgIpc) is 4.27. The van der Waals surface area contributed by atoms with Gasteiger partial charge in [-0.25, -0.2) is 4.79 Å². The Hall–Kier alpha value is -7.44. The largest absolute Gasteiger partial charge is 0.481 e. The molecule has 0 unspecified atom stereocenters. The molecule has 0 aromatic heterocycles. The van der Waals surface area contributed by atoms with Crippen molar-refractivity contribution in [2.45, 2.75) is 151 Å². The lowest BCUT2D eigenvalue weighted by molar-refractivity contribution is -0.151. The molecule has 6 amide bonds. The molecular formula is C60H74N8O10. The zero-order valence-corrected chi connectivity index (χ0v) is 44.3. The Morgan fingerprint density at radius 1 is 0.462 bits per heavy atom. The summed E-state index contributed by atoms with van der Waals surface area (Å²) >= 11 is 0. The van der Waals surface area contributed by atoms with Gasteiger partial charge in [0.25, 0.3) is 0 Å². The summed E-state index contributed by atoms with van der Waals surface area (Å²) in [7, 11) is 0. The van der Waals surface area contributed by atoms with Gasteiger partial charge in [0.1, 0.15) is 24.2 Å². The van der Waals surface area contributed by atoms with Gasteiger partial charge in [-0.05, 0) is 110 Å². The first-order chi connectivity index (χ1) is 37.6. The van der Waals surface area contributed by atoms with Gasteiger partial charge >= 0.3 is 11.9 Å². The van der Waals surface area contributed by atoms with E-state index in [1.165, 1.54) is 4.90 Å². The summed E-state index contributed by atoms with van der Waals surface area (Å²) in [4.78, 5) is 112. The number of nitrogens with zero attached hydrogens (tertiary/aromatic N) is 4. The van der Waals surface area contributed by atoms with E-state index in [1.807, 2.05) is 109 Å². The minimum absolute atomic E-state index is 0.0165. The van der Waals surface area contributed by atoms with E-state index < -0.39 is 60.3 Å². The van der Waals surface area contributed by atoms with Gasteiger partial charge in [0.05, 0.1) is 6.42 Å². The number of likely N-dealkylation sites (tertiary alicyclic amines) is 4. The van der Waals surface area contributed by atoms with Crippen LogP contribution in [0.25, 0.3) is 11.1 Å². The highest BCUT2D eigenvalue weighted by Gasteiger charge is 2.44. The van der Waals surface area contributed by atoms with Crippen LogP contribution in [0.3, 0.4) is 0 Å². The summed E-state index contributed by atoms with van der Waals surface area (Å²) in [6, 6.07) is 29.4. The fourth-order valence-corrected chi connectivity index (χ4v) is 11.9. The van der Waals surface area contributed by atoms with Crippen LogP contribution in [-0.2, 0) is 64.0 Å². The summed E-state index contributed by atoms with van der Waals surface area (Å²) in [5.74, 6) is -3.84. The Morgan fingerprint density at radius 3 is 1.49 bits per heavy atom. The van der Waals surface area contributed by atoms with Gasteiger partial charge in [-0.2, -0.15) is 0 Å². The highest BCUT2D eigenvalue weighted by molar-refractivity contribution is 5.94. The number of hydrogen-bond acceptors (Lipinski definition) is 10. The van der Waals surface area contributed by atoms with E-state index in [-0.39, 0.29) is 61.1 Å². The third-order valence-electron chi connectivity index (χ3n) is 15.7. The Balaban J connectivity index is 0.811. The van der Waals surface area contributed by atoms with Gasteiger partial charge in [0.15, 0.2) is 0 Å². The number of rotatable bonds is 23. The van der Waals surface area contributed by atoms with Crippen LogP contribution >= 0.6 is 0 Å². The van der Waals surface area contributed by atoms with Crippen molar-refractivity contribution in [1.82, 2.24) is 30.2 Å². The van der Waals surface area contributed by atoms with E-state index in [0.29, 0.717) is 103 Å². The topological polar surface area (TPSA) is 266 Å². The van der Waals surface area contributed by atoms with Crippen molar-refractivity contribution in [3.05, 3.63) is 131 Å². The van der Waals surface area contributed by atoms with Crippen molar-refractivity contribution in [2.75, 3.05) is 26.2 Å². The summed E-state index contributed by atoms with van der Waals surface area (Å²) in [5, 5.41) is 25.2. The summed E-state index contributed by atoms with van der Waals surface area (Å²) < 4.78 is 0. The van der Waals surface area contributed by atoms with Crippen LogP contribution in [0.5, 0.6) is 0 Å². The predicted molar refractivity (Wildman–Crippen MR) is 292 cm³/mol. The van der Waals surface area contributed by atoms with E-state index in [4.69, 9.17) is 11.5 Å². The second kappa shape index (κ2) is 26.7. The van der Waals surface area contributed by atoms with Crippen LogP contribution in [0.2, 0.25) is 0 Å². The van der Waals surface area contributed by atoms with Crippen LogP contribution in [-0.4, -0.2) is 152 Å². The molecule has 4 fully saturated rings. The van der Waals surface area contributed by atoms with Crippen LogP contribution < -0.4 is 22.1 Å². The van der Waals surface area contributed by atoms with E-state index >= 15 is 0 Å². The molecule has 8 atom stereocenters. The SMILES string of the molecule is N[C@H](CC(=O)N[C@H](CC(=O)N1CCC[C@H]1C(=O)N1CCC[C@H]1C(=O)O)Cc1ccccc1)Cc1ccc(-c2cccc(C[C@H](N)CC(=O)N3CCC[C@H]3C(=O)N3CCC[C@H]3C(=O)N[C@H](CC(=O)O)Cc3ccccc3)c2)cc1. The van der Waals surface area contributed by atoms with Crippen molar-refractivity contribution in [1.29, 1.82) is 0 Å². The first kappa shape index (κ1) is 56.8. The third kappa shape index (κ3) is 15.0. The molecule has 0 bridgehead atoms. The van der Waals surface area contributed by atoms with E-state index in [2.05, 4.69) is 10.6 Å². The second-order valence-electron chi connectivity index (χ2n) is 21.6. The second-order valence-corrected chi connectivity index (χ2v) is 21.6. The number of amides is 6. The van der Waals surface area contributed by atoms with Gasteiger partial charge in [-0.3, -0.25) is 33.6 Å². The Morgan fingerprint density at radius 2 is 0.923 bits per heavy atom. The van der Waals surface area contributed by atoms with Crippen molar-refractivity contribution in [3.8, 4) is 11.1 Å². The monoisotopic (exact) mass is 1070 g/mol. The highest BCUT2D eigenvalue weighted by atomic mass is 16.4. The number of aliphatic carboxylic acids is 2. The number of benzene rings is 4. The number of carboxylic acid groups (broad SMARTS) is 2. The van der Waals surface area contributed by atoms with Crippen molar-refractivity contribution >= 4 is 47.4 Å². The molecule has 4 aromatic rings. The normalized spacial score (nSPS) is 20.7. The first-order valence-electron chi connectivity index (χ1n) is 27.6. The molecule has 8 rings (SSSR count). The van der Waals surface area contributed by atoms with Gasteiger partial charge in [-0.1, -0.05) is 109 Å². The van der Waals surface area contributed by atoms with E-state index in [9.17, 15) is 48.6 Å². The molecule has 0 saturated carbocycles. The number of nitrogens with two attached hydrogens (primary N) is 2. The molecule has 0 aliphatic carbocycles. The molecule has 78 heavy (non-hydrogen) atoms. The van der Waals surface area contributed by atoms with Gasteiger partial charge in [0, 0.05) is 69.6 Å². The van der Waals surface area contributed by atoms with Crippen LogP contribution in [0, 0.1) is 0 Å². The van der Waals surface area contributed by atoms with Gasteiger partial charge in [0.2, 0.25) is 35.4 Å². The molecule has 18 heteroatoms. The number of carbonyl (C=O) groups excluding carboxylic acids is 6. The molecule has 414 valence electrons. The maximum absolute atomic E-state index is 14.1. The van der Waals surface area contributed by atoms with Gasteiger partial charge in [-0.15, -0.1) is 0 Å². The van der Waals surface area contributed by atoms with E-state index in [1.54, 1.807) is 14.7 Å². The lowest BCUT2D eigenvalue weighted by Gasteiger charge is -2.32. The summed E-state index contributed by atoms with van der Waals surface area (Å²) in [6.07, 6.45) is 5.60. The Bertz CT molecular complexity index is 2760. The van der Waals surface area contributed by atoms with Crippen LogP contribution in [0.15, 0.2) is 109 Å². The maximum atomic E-state index is 14.1. The fraction of sp³-hybridized carbons (Fsp3) is 0.467. The molecular weight excluding hydrogens is 993 g/mol. The fourth-order valence-electron chi connectivity index (χ4n) is 11.9. The molecule has 8 N–H and O–H groups in total. The average molecular weight is 1070 g/mol. The lowest BCUT2D eigenvalue weighted by atomic mass is 9.96. The van der Waals surface area contributed by atoms with Crippen molar-refractivity contribution in [3.63, 3.8) is 0 Å². The third-order valence-corrected chi connectivity index (χ3v) is 15.7. The number of carbonyl (C=O) groups is 8. The zero-order chi connectivity index (χ0) is 55.3. The maximum Gasteiger partial charge on any atom is 0.326 e. The molecule has 4 aliphatic heterocycles. The standard InChI is InChI=1S/C60H74N8O10/c61-45(35-53(69)63-47(33-39-12-3-1-4-13-39)37-55(71)66-27-10-20-51(66)59(76)68-29-11-21-52(68)60(77)78)31-41-22-24-43(25-23-41)44-17-7-16-42(30-44)32-46(62)36-54(70)65-26-9-19-50(65)58(75)67-28-8-18-49(67)57(74)64-48(38-56(72)73)34-40-14-5-2-6-15-40/h1-7,12-17,22-25,30,45-52H,8-11,18-21,26-29,31-38,61-62H2,(H,63,69)(H,64,74)(H,72,73)(H,77,78)/t45-,46-,47-,48-,49-,50-,51-,52-/m0/s1. The van der Waals surface area contributed by atoms with Crippen molar-refractivity contribution < 1.29 is 48.6 Å². The Kier molecular flexibility index (Phi) is 19.5. The lowest BCUT2D eigenvalue weighted by Crippen LogP contribution is -2.54. The molecule has 4 aliphatic rings. The molecule has 0 radical (unpaired) electrons. The molecule has 0 spiro atoms. The van der Waals surface area contributed by atoms with Crippen LogP contribution in [0.4, 0.5) is 0 Å². The minimum Gasteiger partial charge on any atom is -0.481 e. The summed E-state index contributed by atoms with van der Waals surface area (Å²) in [6.45, 7) is 1.52. The number of carboxylic acids is 2. The first-order valence-corrected chi connectivity index (χ1v) is 27.6. The quantitative estimate of drug-likeness (QED) is 0.0610. The summed E-state index contributed by atoms with van der Waals surface area (Å²) in [5.41, 5.74) is 18.8. The van der Waals surface area contributed by atoms with E-state index in [0.717, 1.165) is 33.4 Å². The van der Waals surface area contributed by atoms with Crippen molar-refractivity contribution in [2.24, 2.45) is 11.5 Å². The number of hydrogen-bond donors (Lipinski definition) is 6. The minimum atomic E-state index is -1.04. The molecule has 18 nitrogen and oxygen atoms in total. The zero-order valence-electron chi connectivity index (χ0n) is 44.3. The molecule has 4 aromatic carbocycles. The Labute approximate surface area is 455 Å². The number of nitrogens with one attached hydrogen (secondary N) is 2. The molecule has 4 heterocycles. The highest BCUT2D eigenvalue weighted by Crippen LogP contribution is 2.29. The molecule has 4 saturated heterocycles. The predicted octanol–water partition coefficient (Wildman–Crippen LogP) is 4.24. The smallest absolute Gasteiger partial charge is 0.326 e. The van der Waals surface area contributed by atoms with Crippen LogP contribution in [0.1, 0.15) is 99.3 Å². The van der Waals surface area contributed by atoms with Gasteiger partial charge < -0.3 is 51.9 Å².